The first-order valence-corrected chi connectivity index (χ1v) is 10.7. The molecule has 152 valence electrons. The number of rotatable bonds is 5. The molecule has 0 bridgehead atoms. The van der Waals surface area contributed by atoms with Crippen molar-refractivity contribution in [2.75, 3.05) is 0 Å². The van der Waals surface area contributed by atoms with E-state index >= 15 is 0 Å². The molecule has 0 spiro atoms. The lowest BCUT2D eigenvalue weighted by Gasteiger charge is -2.09. The van der Waals surface area contributed by atoms with Crippen LogP contribution in [0.15, 0.2) is 83.7 Å². The fourth-order valence-corrected chi connectivity index (χ4v) is 4.16. The number of thiazole rings is 1. The first-order valence-electron chi connectivity index (χ1n) is 9.91. The number of fused-ring (bicyclic) bond motifs is 1. The van der Waals surface area contributed by atoms with Crippen molar-refractivity contribution in [3.8, 4) is 17.1 Å². The molecule has 0 saturated carbocycles. The molecule has 3 aromatic carbocycles. The van der Waals surface area contributed by atoms with Gasteiger partial charge < -0.3 is 4.74 Å². The van der Waals surface area contributed by atoms with E-state index in [1.54, 1.807) is 0 Å². The van der Waals surface area contributed by atoms with Crippen LogP contribution in [0.3, 0.4) is 0 Å². The Morgan fingerprint density at radius 2 is 1.71 bits per heavy atom. The summed E-state index contributed by atoms with van der Waals surface area (Å²) in [5, 5.41) is 4.40. The average molecular weight is 426 g/mol. The second-order valence-electron chi connectivity index (χ2n) is 7.22. The van der Waals surface area contributed by atoms with Crippen LogP contribution in [0.2, 0.25) is 0 Å². The summed E-state index contributed by atoms with van der Waals surface area (Å²) in [5.74, 6) is 1.28. The fraction of sp³-hybridized carbons (Fsp3) is 0.0800. The van der Waals surface area contributed by atoms with Gasteiger partial charge in [-0.25, -0.2) is 0 Å². The molecule has 0 aliphatic carbocycles. The van der Waals surface area contributed by atoms with Crippen LogP contribution in [0.5, 0.6) is 5.75 Å². The molecule has 5 rings (SSSR count). The Hall–Kier alpha value is -3.77. The predicted molar refractivity (Wildman–Crippen MR) is 123 cm³/mol. The average Bonchev–Trinajstić information content (AvgIpc) is 3.34. The lowest BCUT2D eigenvalue weighted by molar-refractivity contribution is 0.305. The quantitative estimate of drug-likeness (QED) is 0.422. The van der Waals surface area contributed by atoms with E-state index in [0.717, 1.165) is 22.4 Å². The molecule has 5 aromatic rings. The zero-order valence-electron chi connectivity index (χ0n) is 16.9. The maximum atomic E-state index is 12.9. The molecule has 0 unspecified atom stereocenters. The van der Waals surface area contributed by atoms with Gasteiger partial charge in [0.25, 0.3) is 5.56 Å². The molecular weight excluding hydrogens is 406 g/mol. The zero-order chi connectivity index (χ0) is 21.2. The molecule has 0 aliphatic heterocycles. The number of hydrogen-bond acceptors (Lipinski definition) is 5. The van der Waals surface area contributed by atoms with Crippen molar-refractivity contribution in [3.05, 3.63) is 110 Å². The Bertz CT molecular complexity index is 1450. The van der Waals surface area contributed by atoms with Gasteiger partial charge in [0.05, 0.1) is 4.53 Å². The number of nitrogens with zero attached hydrogens (tertiary/aromatic N) is 3. The van der Waals surface area contributed by atoms with Crippen LogP contribution < -0.4 is 14.8 Å². The Morgan fingerprint density at radius 1 is 0.968 bits per heavy atom. The predicted octanol–water partition coefficient (Wildman–Crippen LogP) is 4.25. The second-order valence-corrected chi connectivity index (χ2v) is 8.23. The molecule has 0 saturated heterocycles. The first kappa shape index (κ1) is 19.2. The van der Waals surface area contributed by atoms with Gasteiger partial charge in [-0.1, -0.05) is 89.7 Å². The third kappa shape index (κ3) is 3.98. The SMILES string of the molecule is Cc1ccc(COc2ccccc2/C=c2\sc3nc(-c4ccccc4)nn3c2=O)cc1. The molecular formula is C25H19N3O2S. The van der Waals surface area contributed by atoms with Gasteiger partial charge in [0.2, 0.25) is 4.96 Å². The molecule has 0 fully saturated rings. The van der Waals surface area contributed by atoms with E-state index in [1.807, 2.05) is 60.7 Å². The minimum Gasteiger partial charge on any atom is -0.488 e. The fourth-order valence-electron chi connectivity index (χ4n) is 3.26. The van der Waals surface area contributed by atoms with Gasteiger partial charge in [0.15, 0.2) is 5.82 Å². The highest BCUT2D eigenvalue weighted by Crippen LogP contribution is 2.21. The standard InChI is InChI=1S/C25H19N3O2S/c1-17-11-13-18(14-12-17)16-30-21-10-6-5-9-20(21)15-22-24(29)28-25(31-22)26-23(27-28)19-7-3-2-4-8-19/h2-15H,16H2,1H3/b22-15-. The van der Waals surface area contributed by atoms with Crippen molar-refractivity contribution in [2.24, 2.45) is 0 Å². The summed E-state index contributed by atoms with van der Waals surface area (Å²) in [5.41, 5.74) is 3.87. The second kappa shape index (κ2) is 8.16. The Kier molecular flexibility index (Phi) is 5.06. The van der Waals surface area contributed by atoms with E-state index in [9.17, 15) is 4.79 Å². The van der Waals surface area contributed by atoms with Gasteiger partial charge in [0, 0.05) is 11.1 Å². The normalized spacial score (nSPS) is 11.8. The number of aryl methyl sites for hydroxylation is 1. The van der Waals surface area contributed by atoms with Gasteiger partial charge in [-0.05, 0) is 24.6 Å². The molecule has 2 aromatic heterocycles. The number of benzene rings is 3. The topological polar surface area (TPSA) is 56.5 Å². The number of hydrogen-bond donors (Lipinski definition) is 0. The van der Waals surface area contributed by atoms with Gasteiger partial charge in [0.1, 0.15) is 12.4 Å². The van der Waals surface area contributed by atoms with Gasteiger partial charge in [-0.15, -0.1) is 5.10 Å². The highest BCUT2D eigenvalue weighted by Gasteiger charge is 2.12. The van der Waals surface area contributed by atoms with Crippen LogP contribution in [0, 0.1) is 6.92 Å². The van der Waals surface area contributed by atoms with Gasteiger partial charge in [-0.3, -0.25) is 4.79 Å². The highest BCUT2D eigenvalue weighted by atomic mass is 32.1. The minimum absolute atomic E-state index is 0.178. The lowest BCUT2D eigenvalue weighted by Crippen LogP contribution is -2.23. The van der Waals surface area contributed by atoms with Crippen LogP contribution in [-0.4, -0.2) is 14.6 Å². The summed E-state index contributed by atoms with van der Waals surface area (Å²) in [6.07, 6.45) is 1.84. The van der Waals surface area contributed by atoms with Crippen LogP contribution in [-0.2, 0) is 6.61 Å². The molecule has 0 atom stereocenters. The summed E-state index contributed by atoms with van der Waals surface area (Å²) < 4.78 is 7.98. The van der Waals surface area contributed by atoms with E-state index in [2.05, 4.69) is 41.3 Å². The van der Waals surface area contributed by atoms with Crippen molar-refractivity contribution in [1.82, 2.24) is 14.6 Å². The van der Waals surface area contributed by atoms with Crippen LogP contribution in [0.1, 0.15) is 16.7 Å². The van der Waals surface area contributed by atoms with E-state index in [1.165, 1.54) is 21.4 Å². The van der Waals surface area contributed by atoms with Crippen molar-refractivity contribution in [1.29, 1.82) is 0 Å². The largest absolute Gasteiger partial charge is 0.488 e. The molecule has 0 N–H and O–H groups in total. The zero-order valence-corrected chi connectivity index (χ0v) is 17.7. The van der Waals surface area contributed by atoms with E-state index < -0.39 is 0 Å². The Morgan fingerprint density at radius 3 is 2.48 bits per heavy atom. The first-order chi connectivity index (χ1) is 15.2. The molecule has 0 amide bonds. The molecule has 0 aliphatic rings. The molecule has 2 heterocycles. The Labute approximate surface area is 182 Å². The smallest absolute Gasteiger partial charge is 0.291 e. The van der Waals surface area contributed by atoms with E-state index in [4.69, 9.17) is 4.74 Å². The van der Waals surface area contributed by atoms with Crippen LogP contribution in [0.25, 0.3) is 22.4 Å². The number of aromatic nitrogens is 3. The lowest BCUT2D eigenvalue weighted by atomic mass is 10.1. The molecule has 31 heavy (non-hydrogen) atoms. The van der Waals surface area contributed by atoms with Crippen molar-refractivity contribution >= 4 is 22.4 Å². The summed E-state index contributed by atoms with van der Waals surface area (Å²) >= 11 is 1.32. The van der Waals surface area contributed by atoms with E-state index in [-0.39, 0.29) is 5.56 Å². The third-order valence-corrected chi connectivity index (χ3v) is 5.89. The molecule has 0 radical (unpaired) electrons. The minimum atomic E-state index is -0.178. The summed E-state index contributed by atoms with van der Waals surface area (Å²) in [7, 11) is 0. The maximum absolute atomic E-state index is 12.9. The molecule has 6 heteroatoms. The van der Waals surface area contributed by atoms with Crippen LogP contribution in [0.4, 0.5) is 0 Å². The Balaban J connectivity index is 1.46. The summed E-state index contributed by atoms with van der Waals surface area (Å²) in [4.78, 5) is 18.0. The maximum Gasteiger partial charge on any atom is 0.291 e. The van der Waals surface area contributed by atoms with Gasteiger partial charge in [-0.2, -0.15) is 9.50 Å². The molecule has 5 nitrogen and oxygen atoms in total. The summed E-state index contributed by atoms with van der Waals surface area (Å²) in [6.45, 7) is 2.52. The number of ether oxygens (including phenoxy) is 1. The van der Waals surface area contributed by atoms with Gasteiger partial charge >= 0.3 is 0 Å². The highest BCUT2D eigenvalue weighted by molar-refractivity contribution is 7.15. The van der Waals surface area contributed by atoms with Crippen LogP contribution >= 0.6 is 11.3 Å². The van der Waals surface area contributed by atoms with Crippen molar-refractivity contribution < 1.29 is 4.74 Å². The van der Waals surface area contributed by atoms with Crippen molar-refractivity contribution in [3.63, 3.8) is 0 Å². The summed E-state index contributed by atoms with van der Waals surface area (Å²) in [6, 6.07) is 25.6. The van der Waals surface area contributed by atoms with E-state index in [0.29, 0.717) is 21.9 Å². The number of para-hydroxylation sites is 1. The monoisotopic (exact) mass is 425 g/mol. The van der Waals surface area contributed by atoms with Crippen molar-refractivity contribution in [2.45, 2.75) is 13.5 Å². The third-order valence-electron chi connectivity index (χ3n) is 4.93.